The lowest BCUT2D eigenvalue weighted by Crippen LogP contribution is -2.54. The van der Waals surface area contributed by atoms with Crippen molar-refractivity contribution in [3.63, 3.8) is 0 Å². The maximum atomic E-state index is 12.5. The molecule has 1 aromatic rings. The second-order valence-electron chi connectivity index (χ2n) is 7.03. The molecule has 0 aliphatic carbocycles. The average Bonchev–Trinajstić information content (AvgIpc) is 2.80. The van der Waals surface area contributed by atoms with Crippen LogP contribution in [-0.4, -0.2) is 62.8 Å². The second-order valence-corrected chi connectivity index (χ2v) is 7.44. The maximum absolute atomic E-state index is 12.5. The number of nitrogens with one attached hydrogen (secondary N) is 1. The number of carbonyl (C=O) groups is 1. The molecule has 138 valence electrons. The fourth-order valence-electron chi connectivity index (χ4n) is 3.35. The Kier molecular flexibility index (Phi) is 5.84. The Bertz CT molecular complexity index is 619. The van der Waals surface area contributed by atoms with Crippen LogP contribution in [-0.2, 0) is 9.53 Å². The highest BCUT2D eigenvalue weighted by atomic mass is 35.5. The van der Waals surface area contributed by atoms with Crippen LogP contribution in [0.15, 0.2) is 18.2 Å². The number of halogens is 1. The molecule has 3 rings (SSSR count). The van der Waals surface area contributed by atoms with Gasteiger partial charge in [-0.1, -0.05) is 11.6 Å². The molecule has 0 saturated carbocycles. The van der Waals surface area contributed by atoms with Crippen LogP contribution in [0.5, 0.6) is 0 Å². The Morgan fingerprint density at radius 2 is 2.00 bits per heavy atom. The number of nitrogens with two attached hydrogens (primary N) is 1. The van der Waals surface area contributed by atoms with Crippen molar-refractivity contribution in [3.8, 4) is 0 Å². The Morgan fingerprint density at radius 3 is 2.72 bits per heavy atom. The van der Waals surface area contributed by atoms with Crippen LogP contribution in [0, 0.1) is 0 Å². The first-order chi connectivity index (χ1) is 12.0. The van der Waals surface area contributed by atoms with E-state index in [1.165, 1.54) is 0 Å². The first-order valence-corrected chi connectivity index (χ1v) is 9.27. The second kappa shape index (κ2) is 7.91. The molecule has 0 spiro atoms. The van der Waals surface area contributed by atoms with Crippen molar-refractivity contribution >= 4 is 28.9 Å². The molecule has 3 N–H and O–H groups in total. The zero-order valence-electron chi connectivity index (χ0n) is 14.8. The largest absolute Gasteiger partial charge is 0.381 e. The molecular weight excluding hydrogens is 340 g/mol. The molecule has 2 aliphatic heterocycles. The van der Waals surface area contributed by atoms with Gasteiger partial charge in [-0.3, -0.25) is 4.79 Å². The topological polar surface area (TPSA) is 70.8 Å². The molecule has 2 heterocycles. The fourth-order valence-corrected chi connectivity index (χ4v) is 3.65. The summed E-state index contributed by atoms with van der Waals surface area (Å²) in [5.74, 6) is -0.170. The van der Waals surface area contributed by atoms with Gasteiger partial charge in [0.05, 0.1) is 10.7 Å². The van der Waals surface area contributed by atoms with E-state index in [0.717, 1.165) is 38.3 Å². The number of carbonyl (C=O) groups excluding carboxylic acids is 1. The van der Waals surface area contributed by atoms with Crippen LogP contribution < -0.4 is 16.0 Å². The molecule has 6 nitrogen and oxygen atoms in total. The Morgan fingerprint density at radius 1 is 1.24 bits per heavy atom. The minimum Gasteiger partial charge on any atom is -0.381 e. The highest BCUT2D eigenvalue weighted by Crippen LogP contribution is 2.30. The van der Waals surface area contributed by atoms with Gasteiger partial charge in [0.15, 0.2) is 0 Å². The van der Waals surface area contributed by atoms with Gasteiger partial charge in [-0.05, 0) is 51.1 Å². The van der Waals surface area contributed by atoms with Gasteiger partial charge < -0.3 is 25.6 Å². The molecule has 25 heavy (non-hydrogen) atoms. The van der Waals surface area contributed by atoms with Crippen LogP contribution in [0.2, 0.25) is 5.02 Å². The highest BCUT2D eigenvalue weighted by Gasteiger charge is 2.36. The van der Waals surface area contributed by atoms with Crippen molar-refractivity contribution in [1.29, 1.82) is 0 Å². The number of rotatable bonds is 3. The van der Waals surface area contributed by atoms with Crippen molar-refractivity contribution in [1.82, 2.24) is 4.90 Å². The molecule has 2 fully saturated rings. The predicted octanol–water partition coefficient (Wildman–Crippen LogP) is 1.93. The number of benzene rings is 1. The Balaban J connectivity index is 1.68. The van der Waals surface area contributed by atoms with Gasteiger partial charge in [0.1, 0.15) is 5.54 Å². The van der Waals surface area contributed by atoms with E-state index >= 15 is 0 Å². The molecular formula is C18H27ClN4O2. The van der Waals surface area contributed by atoms with Gasteiger partial charge in [0.2, 0.25) is 5.91 Å². The highest BCUT2D eigenvalue weighted by molar-refractivity contribution is 6.33. The van der Waals surface area contributed by atoms with Crippen molar-refractivity contribution in [2.45, 2.75) is 24.8 Å². The Hall–Kier alpha value is -1.34. The molecule has 1 aromatic carbocycles. The first kappa shape index (κ1) is 18.5. The van der Waals surface area contributed by atoms with Crippen LogP contribution >= 0.6 is 11.6 Å². The number of hydrogen-bond donors (Lipinski definition) is 2. The standard InChI is InChI=1S/C18H27ClN4O2/c1-22-7-2-8-23(10-9-22)16-4-3-14(13-15(16)19)21-17(24)18(20)5-11-25-12-6-18/h3-4,13H,2,5-12,20H2,1H3,(H,21,24). The third-order valence-corrected chi connectivity index (χ3v) is 5.41. The number of nitrogens with zero attached hydrogens (tertiary/aromatic N) is 2. The predicted molar refractivity (Wildman–Crippen MR) is 101 cm³/mol. The third kappa shape index (κ3) is 4.44. The summed E-state index contributed by atoms with van der Waals surface area (Å²) in [5.41, 5.74) is 7.06. The third-order valence-electron chi connectivity index (χ3n) is 5.10. The van der Waals surface area contributed by atoms with Crippen LogP contribution in [0.3, 0.4) is 0 Å². The fraction of sp³-hybridized carbons (Fsp3) is 0.611. The van der Waals surface area contributed by atoms with E-state index in [1.54, 1.807) is 0 Å². The minimum atomic E-state index is -0.862. The Labute approximate surface area is 154 Å². The van der Waals surface area contributed by atoms with E-state index in [1.807, 2.05) is 18.2 Å². The lowest BCUT2D eigenvalue weighted by molar-refractivity contribution is -0.124. The number of ether oxygens (including phenoxy) is 1. The van der Waals surface area contributed by atoms with E-state index in [-0.39, 0.29) is 5.91 Å². The summed E-state index contributed by atoms with van der Waals surface area (Å²) in [6.07, 6.45) is 2.18. The molecule has 0 unspecified atom stereocenters. The molecule has 2 saturated heterocycles. The molecule has 2 aliphatic rings. The van der Waals surface area contributed by atoms with Crippen LogP contribution in [0.25, 0.3) is 0 Å². The van der Waals surface area contributed by atoms with Gasteiger partial charge >= 0.3 is 0 Å². The summed E-state index contributed by atoms with van der Waals surface area (Å²) in [4.78, 5) is 17.2. The quantitative estimate of drug-likeness (QED) is 0.855. The van der Waals surface area contributed by atoms with Crippen molar-refractivity contribution in [3.05, 3.63) is 23.2 Å². The minimum absolute atomic E-state index is 0.170. The summed E-state index contributed by atoms with van der Waals surface area (Å²) in [5, 5.41) is 3.56. The number of anilines is 2. The van der Waals surface area contributed by atoms with Gasteiger partial charge in [0.25, 0.3) is 0 Å². The normalized spacial score (nSPS) is 21.6. The molecule has 0 radical (unpaired) electrons. The summed E-state index contributed by atoms with van der Waals surface area (Å²) in [6.45, 7) is 5.10. The smallest absolute Gasteiger partial charge is 0.244 e. The van der Waals surface area contributed by atoms with Crippen molar-refractivity contribution in [2.75, 3.05) is 56.7 Å². The molecule has 7 heteroatoms. The molecule has 0 bridgehead atoms. The van der Waals surface area contributed by atoms with Crippen molar-refractivity contribution in [2.24, 2.45) is 5.73 Å². The summed E-state index contributed by atoms with van der Waals surface area (Å²) in [7, 11) is 2.14. The number of amides is 1. The van der Waals surface area contributed by atoms with E-state index < -0.39 is 5.54 Å². The SMILES string of the molecule is CN1CCCN(c2ccc(NC(=O)C3(N)CCOCC3)cc2Cl)CC1. The van der Waals surface area contributed by atoms with Gasteiger partial charge in [-0.25, -0.2) is 0 Å². The lowest BCUT2D eigenvalue weighted by Gasteiger charge is -2.32. The zero-order chi connectivity index (χ0) is 17.9. The number of hydrogen-bond acceptors (Lipinski definition) is 5. The summed E-state index contributed by atoms with van der Waals surface area (Å²) >= 11 is 6.50. The molecule has 0 atom stereocenters. The van der Waals surface area contributed by atoms with E-state index in [0.29, 0.717) is 36.8 Å². The average molecular weight is 367 g/mol. The van der Waals surface area contributed by atoms with Crippen LogP contribution in [0.1, 0.15) is 19.3 Å². The lowest BCUT2D eigenvalue weighted by atomic mass is 9.90. The summed E-state index contributed by atoms with van der Waals surface area (Å²) < 4.78 is 5.29. The van der Waals surface area contributed by atoms with Gasteiger partial charge in [0, 0.05) is 38.5 Å². The maximum Gasteiger partial charge on any atom is 0.244 e. The van der Waals surface area contributed by atoms with Crippen LogP contribution in [0.4, 0.5) is 11.4 Å². The van der Waals surface area contributed by atoms with E-state index in [9.17, 15) is 4.79 Å². The molecule has 0 aromatic heterocycles. The number of likely N-dealkylation sites (N-methyl/N-ethyl adjacent to an activating group) is 1. The van der Waals surface area contributed by atoms with E-state index in [4.69, 9.17) is 22.1 Å². The van der Waals surface area contributed by atoms with Crippen molar-refractivity contribution < 1.29 is 9.53 Å². The van der Waals surface area contributed by atoms with Gasteiger partial charge in [-0.15, -0.1) is 0 Å². The monoisotopic (exact) mass is 366 g/mol. The summed E-state index contributed by atoms with van der Waals surface area (Å²) in [6, 6.07) is 5.69. The van der Waals surface area contributed by atoms with E-state index in [2.05, 4.69) is 22.2 Å². The first-order valence-electron chi connectivity index (χ1n) is 8.89. The molecule has 1 amide bonds. The van der Waals surface area contributed by atoms with Gasteiger partial charge in [-0.2, -0.15) is 0 Å². The zero-order valence-corrected chi connectivity index (χ0v) is 15.5.